The highest BCUT2D eigenvalue weighted by Gasteiger charge is 2.09. The van der Waals surface area contributed by atoms with Crippen LogP contribution in [0.3, 0.4) is 0 Å². The molecule has 0 amide bonds. The lowest BCUT2D eigenvalue weighted by atomic mass is 10.3. The topological polar surface area (TPSA) is 29.0 Å². The summed E-state index contributed by atoms with van der Waals surface area (Å²) in [5.74, 6) is 0.488. The van der Waals surface area contributed by atoms with Gasteiger partial charge in [0, 0.05) is 17.6 Å². The Morgan fingerprint density at radius 3 is 2.68 bits per heavy atom. The molecule has 0 saturated carbocycles. The van der Waals surface area contributed by atoms with Crippen LogP contribution >= 0.6 is 22.9 Å². The predicted molar refractivity (Wildman–Crippen MR) is 80.4 cm³/mol. The van der Waals surface area contributed by atoms with Crippen molar-refractivity contribution in [3.63, 3.8) is 0 Å². The lowest BCUT2D eigenvalue weighted by Crippen LogP contribution is -2.22. The van der Waals surface area contributed by atoms with E-state index in [4.69, 9.17) is 11.6 Å². The van der Waals surface area contributed by atoms with Gasteiger partial charge in [-0.2, -0.15) is 0 Å². The van der Waals surface area contributed by atoms with Crippen LogP contribution in [-0.4, -0.2) is 21.4 Å². The number of hydrogen-bond donors (Lipinski definition) is 0. The Bertz CT molecular complexity index is 527. The van der Waals surface area contributed by atoms with E-state index in [1.807, 2.05) is 18.4 Å². The van der Waals surface area contributed by atoms with Crippen molar-refractivity contribution in [2.45, 2.75) is 32.8 Å². The molecule has 0 fully saturated rings. The van der Waals surface area contributed by atoms with E-state index < -0.39 is 0 Å². The number of alkyl halides is 1. The van der Waals surface area contributed by atoms with Crippen molar-refractivity contribution in [1.29, 1.82) is 0 Å². The van der Waals surface area contributed by atoms with Gasteiger partial charge in [-0.3, -0.25) is 9.88 Å². The number of thiazole rings is 1. The van der Waals surface area contributed by atoms with Crippen molar-refractivity contribution < 1.29 is 0 Å². The molecular formula is C14H18ClN3S. The molecule has 3 nitrogen and oxygen atoms in total. The van der Waals surface area contributed by atoms with E-state index in [9.17, 15) is 0 Å². The first-order chi connectivity index (χ1) is 9.21. The van der Waals surface area contributed by atoms with E-state index >= 15 is 0 Å². The average molecular weight is 296 g/mol. The molecule has 0 aliphatic rings. The highest BCUT2D eigenvalue weighted by atomic mass is 35.5. The molecule has 0 bridgehead atoms. The molecular weight excluding hydrogens is 278 g/mol. The standard InChI is InChI=1S/C14H18ClN3S/c1-3-18(8-12-6-4-5-11(2)16-12)9-14-17-13(7-15)10-19-14/h4-6,10H,3,7-9H2,1-2H3. The molecule has 19 heavy (non-hydrogen) atoms. The molecule has 0 aliphatic heterocycles. The molecule has 0 unspecified atom stereocenters. The largest absolute Gasteiger partial charge is 0.291 e. The van der Waals surface area contributed by atoms with Crippen molar-refractivity contribution in [2.24, 2.45) is 0 Å². The highest BCUT2D eigenvalue weighted by molar-refractivity contribution is 7.09. The van der Waals surface area contributed by atoms with Gasteiger partial charge in [0.2, 0.25) is 0 Å². The van der Waals surface area contributed by atoms with Crippen LogP contribution < -0.4 is 0 Å². The van der Waals surface area contributed by atoms with Crippen LogP contribution in [0.15, 0.2) is 23.6 Å². The molecule has 0 spiro atoms. The molecule has 2 aromatic heterocycles. The van der Waals surface area contributed by atoms with Gasteiger partial charge in [0.15, 0.2) is 0 Å². The molecule has 0 saturated heterocycles. The number of rotatable bonds is 6. The van der Waals surface area contributed by atoms with Crippen LogP contribution in [0.2, 0.25) is 0 Å². The molecule has 5 heteroatoms. The van der Waals surface area contributed by atoms with Crippen LogP contribution in [0, 0.1) is 6.92 Å². The Labute approximate surface area is 123 Å². The van der Waals surface area contributed by atoms with Gasteiger partial charge >= 0.3 is 0 Å². The third-order valence-corrected chi connectivity index (χ3v) is 4.03. The summed E-state index contributed by atoms with van der Waals surface area (Å²) < 4.78 is 0. The van der Waals surface area contributed by atoms with Gasteiger partial charge in [-0.25, -0.2) is 4.98 Å². The fraction of sp³-hybridized carbons (Fsp3) is 0.429. The first kappa shape index (κ1) is 14.4. The molecule has 0 N–H and O–H groups in total. The smallest absolute Gasteiger partial charge is 0.107 e. The predicted octanol–water partition coefficient (Wildman–Crippen LogP) is 3.61. The van der Waals surface area contributed by atoms with Crippen LogP contribution in [0.4, 0.5) is 0 Å². The van der Waals surface area contributed by atoms with Crippen molar-refractivity contribution in [1.82, 2.24) is 14.9 Å². The van der Waals surface area contributed by atoms with Crippen LogP contribution in [0.5, 0.6) is 0 Å². The minimum absolute atomic E-state index is 0.488. The number of nitrogens with zero attached hydrogens (tertiary/aromatic N) is 3. The summed E-state index contributed by atoms with van der Waals surface area (Å²) in [5.41, 5.74) is 3.13. The maximum Gasteiger partial charge on any atom is 0.107 e. The third-order valence-electron chi connectivity index (χ3n) is 2.87. The van der Waals surface area contributed by atoms with E-state index in [2.05, 4.69) is 33.9 Å². The SMILES string of the molecule is CCN(Cc1cccc(C)n1)Cc1nc(CCl)cs1. The summed E-state index contributed by atoms with van der Waals surface area (Å²) in [5, 5.41) is 3.14. The summed E-state index contributed by atoms with van der Waals surface area (Å²) in [6, 6.07) is 6.15. The lowest BCUT2D eigenvalue weighted by molar-refractivity contribution is 0.267. The summed E-state index contributed by atoms with van der Waals surface area (Å²) in [7, 11) is 0. The fourth-order valence-electron chi connectivity index (χ4n) is 1.87. The second-order valence-electron chi connectivity index (χ2n) is 4.44. The zero-order valence-corrected chi connectivity index (χ0v) is 12.8. The van der Waals surface area contributed by atoms with Gasteiger partial charge in [-0.15, -0.1) is 22.9 Å². The van der Waals surface area contributed by atoms with E-state index in [0.29, 0.717) is 5.88 Å². The van der Waals surface area contributed by atoms with Crippen molar-refractivity contribution in [3.8, 4) is 0 Å². The molecule has 2 heterocycles. The normalized spacial score (nSPS) is 11.2. The summed E-state index contributed by atoms with van der Waals surface area (Å²) >= 11 is 7.45. The fourth-order valence-corrected chi connectivity index (χ4v) is 2.93. The number of aryl methyl sites for hydroxylation is 1. The Morgan fingerprint density at radius 1 is 1.21 bits per heavy atom. The second-order valence-corrected chi connectivity index (χ2v) is 5.65. The van der Waals surface area contributed by atoms with Crippen LogP contribution in [-0.2, 0) is 19.0 Å². The lowest BCUT2D eigenvalue weighted by Gasteiger charge is -2.18. The quantitative estimate of drug-likeness (QED) is 0.762. The molecule has 102 valence electrons. The molecule has 0 atom stereocenters. The highest BCUT2D eigenvalue weighted by Crippen LogP contribution is 2.15. The van der Waals surface area contributed by atoms with Crippen molar-refractivity contribution in [2.75, 3.05) is 6.54 Å². The third kappa shape index (κ3) is 4.27. The van der Waals surface area contributed by atoms with E-state index in [1.54, 1.807) is 11.3 Å². The van der Waals surface area contributed by atoms with Crippen molar-refractivity contribution >= 4 is 22.9 Å². The number of aromatic nitrogens is 2. The molecule has 0 radical (unpaired) electrons. The van der Waals surface area contributed by atoms with Gasteiger partial charge in [-0.05, 0) is 25.6 Å². The minimum Gasteiger partial charge on any atom is -0.291 e. The summed E-state index contributed by atoms with van der Waals surface area (Å²) in [6.45, 7) is 6.87. The number of pyridine rings is 1. The first-order valence-corrected chi connectivity index (χ1v) is 7.76. The van der Waals surface area contributed by atoms with Gasteiger partial charge in [0.1, 0.15) is 5.01 Å². The van der Waals surface area contributed by atoms with Crippen molar-refractivity contribution in [3.05, 3.63) is 45.7 Å². The Balaban J connectivity index is 2.00. The number of hydrogen-bond acceptors (Lipinski definition) is 4. The summed E-state index contributed by atoms with van der Waals surface area (Å²) in [4.78, 5) is 11.4. The van der Waals surface area contributed by atoms with E-state index in [1.165, 1.54) is 0 Å². The zero-order chi connectivity index (χ0) is 13.7. The van der Waals surface area contributed by atoms with Gasteiger partial charge in [-0.1, -0.05) is 13.0 Å². The first-order valence-electron chi connectivity index (χ1n) is 6.35. The second kappa shape index (κ2) is 6.98. The van der Waals surface area contributed by atoms with Crippen LogP contribution in [0.25, 0.3) is 0 Å². The molecule has 2 aromatic rings. The minimum atomic E-state index is 0.488. The maximum atomic E-state index is 5.78. The maximum absolute atomic E-state index is 5.78. The summed E-state index contributed by atoms with van der Waals surface area (Å²) in [6.07, 6.45) is 0. The zero-order valence-electron chi connectivity index (χ0n) is 11.3. The number of halogens is 1. The Hall–Kier alpha value is -0.970. The van der Waals surface area contributed by atoms with E-state index in [0.717, 1.165) is 41.7 Å². The van der Waals surface area contributed by atoms with Crippen LogP contribution in [0.1, 0.15) is 29.0 Å². The van der Waals surface area contributed by atoms with Gasteiger partial charge in [0.05, 0.1) is 23.8 Å². The Kier molecular flexibility index (Phi) is 5.31. The monoisotopic (exact) mass is 295 g/mol. The Morgan fingerprint density at radius 2 is 2.05 bits per heavy atom. The molecule has 2 rings (SSSR count). The average Bonchev–Trinajstić information content (AvgIpc) is 2.85. The van der Waals surface area contributed by atoms with Gasteiger partial charge in [0.25, 0.3) is 0 Å². The molecule has 0 aliphatic carbocycles. The van der Waals surface area contributed by atoms with Gasteiger partial charge < -0.3 is 0 Å². The van der Waals surface area contributed by atoms with E-state index in [-0.39, 0.29) is 0 Å². The molecule has 0 aromatic carbocycles.